The average Bonchev–Trinajstić information content (AvgIpc) is 3.41. The van der Waals surface area contributed by atoms with Gasteiger partial charge in [0.2, 0.25) is 0 Å². The normalized spacial score (nSPS) is 16.1. The van der Waals surface area contributed by atoms with Crippen LogP contribution in [0.15, 0.2) is 47.6 Å². The van der Waals surface area contributed by atoms with Crippen LogP contribution in [0.1, 0.15) is 35.9 Å². The van der Waals surface area contributed by atoms with Crippen molar-refractivity contribution in [3.63, 3.8) is 0 Å². The van der Waals surface area contributed by atoms with Gasteiger partial charge in [0.1, 0.15) is 17.5 Å². The fraction of sp³-hybridized carbons (Fsp3) is 0.417. The molecule has 1 unspecified atom stereocenters. The highest BCUT2D eigenvalue weighted by Crippen LogP contribution is 2.24. The molecule has 172 valence electrons. The van der Waals surface area contributed by atoms with Crippen molar-refractivity contribution >= 4 is 35.6 Å². The number of fused-ring (bicyclic) bond motifs is 1. The van der Waals surface area contributed by atoms with Crippen molar-refractivity contribution in [2.24, 2.45) is 4.99 Å². The third kappa shape index (κ3) is 6.13. The molecule has 0 saturated carbocycles. The van der Waals surface area contributed by atoms with Gasteiger partial charge in [0, 0.05) is 30.4 Å². The fourth-order valence-electron chi connectivity index (χ4n) is 3.65. The van der Waals surface area contributed by atoms with Gasteiger partial charge in [-0.05, 0) is 44.5 Å². The van der Waals surface area contributed by atoms with E-state index in [2.05, 4.69) is 66.3 Å². The number of aryl methyl sites for hydroxylation is 2. The first kappa shape index (κ1) is 24.3. The number of imidazole rings is 1. The van der Waals surface area contributed by atoms with Gasteiger partial charge in [-0.3, -0.25) is 0 Å². The summed E-state index contributed by atoms with van der Waals surface area (Å²) in [5, 5.41) is 6.71. The Hall–Kier alpha value is -2.33. The molecule has 1 saturated heterocycles. The second kappa shape index (κ2) is 11.5. The number of ether oxygens (including phenoxy) is 2. The van der Waals surface area contributed by atoms with Crippen LogP contribution in [-0.2, 0) is 17.8 Å². The van der Waals surface area contributed by atoms with Gasteiger partial charge in [-0.2, -0.15) is 0 Å². The van der Waals surface area contributed by atoms with E-state index in [1.165, 1.54) is 5.56 Å². The summed E-state index contributed by atoms with van der Waals surface area (Å²) in [4.78, 5) is 9.47. The molecular formula is C24H32IN5O2. The number of hydrogen-bond donors (Lipinski definition) is 2. The third-order valence-electron chi connectivity index (χ3n) is 5.34. The van der Waals surface area contributed by atoms with E-state index in [1.807, 2.05) is 12.1 Å². The number of pyridine rings is 1. The molecule has 1 atom stereocenters. The minimum atomic E-state index is 0. The number of nitrogens with one attached hydrogen (secondary N) is 2. The monoisotopic (exact) mass is 549 g/mol. The first-order valence-electron chi connectivity index (χ1n) is 10.9. The number of benzene rings is 1. The number of hydrogen-bond acceptors (Lipinski definition) is 4. The second-order valence-corrected chi connectivity index (χ2v) is 7.89. The quantitative estimate of drug-likeness (QED) is 0.265. The predicted molar refractivity (Wildman–Crippen MR) is 138 cm³/mol. The van der Waals surface area contributed by atoms with E-state index in [-0.39, 0.29) is 30.1 Å². The van der Waals surface area contributed by atoms with Crippen molar-refractivity contribution in [2.75, 3.05) is 19.8 Å². The molecule has 3 heterocycles. The summed E-state index contributed by atoms with van der Waals surface area (Å²) >= 11 is 0. The van der Waals surface area contributed by atoms with Crippen molar-refractivity contribution in [3.05, 3.63) is 65.1 Å². The summed E-state index contributed by atoms with van der Waals surface area (Å²) < 4.78 is 13.8. The minimum Gasteiger partial charge on any atom is -0.488 e. The van der Waals surface area contributed by atoms with Crippen LogP contribution in [0.5, 0.6) is 5.75 Å². The van der Waals surface area contributed by atoms with Gasteiger partial charge in [0.25, 0.3) is 0 Å². The van der Waals surface area contributed by atoms with Gasteiger partial charge in [-0.1, -0.05) is 18.2 Å². The number of guanidine groups is 1. The molecule has 3 aromatic rings. The molecule has 1 aliphatic heterocycles. The number of rotatable bonds is 7. The van der Waals surface area contributed by atoms with E-state index in [0.29, 0.717) is 19.7 Å². The Morgan fingerprint density at radius 3 is 2.88 bits per heavy atom. The van der Waals surface area contributed by atoms with Crippen LogP contribution in [0.2, 0.25) is 0 Å². The Kier molecular flexibility index (Phi) is 8.75. The number of aromatic nitrogens is 2. The molecular weight excluding hydrogens is 517 g/mol. The Labute approximate surface area is 206 Å². The molecule has 32 heavy (non-hydrogen) atoms. The van der Waals surface area contributed by atoms with Gasteiger partial charge in [-0.15, -0.1) is 24.0 Å². The molecule has 1 aliphatic rings. The van der Waals surface area contributed by atoms with E-state index >= 15 is 0 Å². The van der Waals surface area contributed by atoms with E-state index < -0.39 is 0 Å². The highest BCUT2D eigenvalue weighted by Gasteiger charge is 2.18. The highest BCUT2D eigenvalue weighted by atomic mass is 127. The highest BCUT2D eigenvalue weighted by molar-refractivity contribution is 14.0. The molecule has 8 heteroatoms. The SMILES string of the molecule is CCNC(=NCc1ccc(C)cc1OC1CCOC1)NCc1cn2c(C)cccc2n1.I. The lowest BCUT2D eigenvalue weighted by Crippen LogP contribution is -2.36. The summed E-state index contributed by atoms with van der Waals surface area (Å²) in [5.74, 6) is 1.65. The topological polar surface area (TPSA) is 72.2 Å². The summed E-state index contributed by atoms with van der Waals surface area (Å²) in [7, 11) is 0. The van der Waals surface area contributed by atoms with Gasteiger partial charge < -0.3 is 24.5 Å². The van der Waals surface area contributed by atoms with Crippen molar-refractivity contribution in [2.45, 2.75) is 46.4 Å². The molecule has 0 spiro atoms. The molecule has 2 N–H and O–H groups in total. The number of halogens is 1. The molecule has 0 aliphatic carbocycles. The number of aliphatic imine (C=N–C) groups is 1. The summed E-state index contributed by atoms with van der Waals surface area (Å²) in [6.45, 7) is 9.55. The summed E-state index contributed by atoms with van der Waals surface area (Å²) in [6, 6.07) is 12.4. The van der Waals surface area contributed by atoms with Crippen LogP contribution in [0, 0.1) is 13.8 Å². The molecule has 0 radical (unpaired) electrons. The van der Waals surface area contributed by atoms with Crippen LogP contribution >= 0.6 is 24.0 Å². The molecule has 1 aromatic carbocycles. The molecule has 2 aromatic heterocycles. The standard InChI is InChI=1S/C24H31N5O2.HI/c1-4-25-24(27-14-20-15-29-18(3)6-5-7-23(29)28-20)26-13-19-9-8-17(2)12-22(19)31-21-10-11-30-16-21;/h5-9,12,15,21H,4,10-11,13-14,16H2,1-3H3,(H2,25,26,27);1H. The van der Waals surface area contributed by atoms with Gasteiger partial charge in [0.05, 0.1) is 32.0 Å². The molecule has 4 rings (SSSR count). The predicted octanol–water partition coefficient (Wildman–Crippen LogP) is 3.99. The lowest BCUT2D eigenvalue weighted by Gasteiger charge is -2.16. The van der Waals surface area contributed by atoms with Crippen LogP contribution < -0.4 is 15.4 Å². The van der Waals surface area contributed by atoms with Gasteiger partial charge in [0.15, 0.2) is 5.96 Å². The Balaban J connectivity index is 0.00000289. The largest absolute Gasteiger partial charge is 0.488 e. The summed E-state index contributed by atoms with van der Waals surface area (Å²) in [6.07, 6.45) is 3.12. The maximum atomic E-state index is 6.21. The average molecular weight is 549 g/mol. The molecule has 0 bridgehead atoms. The van der Waals surface area contributed by atoms with Crippen molar-refractivity contribution in [1.82, 2.24) is 20.0 Å². The van der Waals surface area contributed by atoms with Gasteiger partial charge in [-0.25, -0.2) is 9.98 Å². The van der Waals surface area contributed by atoms with E-state index in [1.54, 1.807) is 0 Å². The van der Waals surface area contributed by atoms with E-state index in [4.69, 9.17) is 19.5 Å². The van der Waals surface area contributed by atoms with Crippen LogP contribution in [0.3, 0.4) is 0 Å². The smallest absolute Gasteiger partial charge is 0.191 e. The molecule has 1 fully saturated rings. The maximum Gasteiger partial charge on any atom is 0.191 e. The van der Waals surface area contributed by atoms with Crippen molar-refractivity contribution in [3.8, 4) is 5.75 Å². The first-order chi connectivity index (χ1) is 15.1. The van der Waals surface area contributed by atoms with Crippen LogP contribution in [0.25, 0.3) is 5.65 Å². The van der Waals surface area contributed by atoms with Crippen LogP contribution in [0.4, 0.5) is 0 Å². The molecule has 0 amide bonds. The first-order valence-corrected chi connectivity index (χ1v) is 10.9. The summed E-state index contributed by atoms with van der Waals surface area (Å²) in [5.41, 5.74) is 5.33. The Morgan fingerprint density at radius 1 is 1.25 bits per heavy atom. The Morgan fingerprint density at radius 2 is 2.12 bits per heavy atom. The zero-order valence-electron chi connectivity index (χ0n) is 18.9. The zero-order valence-corrected chi connectivity index (χ0v) is 21.3. The van der Waals surface area contributed by atoms with Gasteiger partial charge >= 0.3 is 0 Å². The van der Waals surface area contributed by atoms with Crippen LogP contribution in [-0.4, -0.2) is 41.2 Å². The fourth-order valence-corrected chi connectivity index (χ4v) is 3.65. The third-order valence-corrected chi connectivity index (χ3v) is 5.34. The van der Waals surface area contributed by atoms with E-state index in [9.17, 15) is 0 Å². The second-order valence-electron chi connectivity index (χ2n) is 7.89. The Bertz CT molecular complexity index is 1060. The lowest BCUT2D eigenvalue weighted by atomic mass is 10.1. The maximum absolute atomic E-state index is 6.21. The van der Waals surface area contributed by atoms with E-state index in [0.717, 1.165) is 53.9 Å². The number of nitrogens with zero attached hydrogens (tertiary/aromatic N) is 3. The molecule has 7 nitrogen and oxygen atoms in total. The minimum absolute atomic E-state index is 0. The zero-order chi connectivity index (χ0) is 21.6. The van der Waals surface area contributed by atoms with Crippen molar-refractivity contribution in [1.29, 1.82) is 0 Å². The lowest BCUT2D eigenvalue weighted by molar-refractivity contribution is 0.140. The van der Waals surface area contributed by atoms with Crippen molar-refractivity contribution < 1.29 is 9.47 Å².